The summed E-state index contributed by atoms with van der Waals surface area (Å²) in [5.41, 5.74) is 0. The van der Waals surface area contributed by atoms with Gasteiger partial charge in [-0.05, 0) is 6.42 Å². The van der Waals surface area contributed by atoms with Crippen LogP contribution < -0.4 is 0 Å². The van der Waals surface area contributed by atoms with E-state index in [1.807, 2.05) is 0 Å². The van der Waals surface area contributed by atoms with Gasteiger partial charge in [0.1, 0.15) is 0 Å². The Morgan fingerprint density at radius 1 is 1.00 bits per heavy atom. The normalized spacial score (nSPS) is 10.3. The Balaban J connectivity index is 4.24. The van der Waals surface area contributed by atoms with Crippen molar-refractivity contribution in [2.75, 3.05) is 13.1 Å². The fraction of sp³-hybridized carbons (Fsp3) is 0.727. The molecule has 0 unspecified atom stereocenters. The van der Waals surface area contributed by atoms with Crippen molar-refractivity contribution in [3.63, 3.8) is 0 Å². The average Bonchev–Trinajstić information content (AvgIpc) is 2.21. The summed E-state index contributed by atoms with van der Waals surface area (Å²) in [6.07, 6.45) is 0.202. The van der Waals surface area contributed by atoms with Gasteiger partial charge in [0.05, 0.1) is 6.42 Å². The molecule has 6 nitrogen and oxygen atoms in total. The molecule has 6 heteroatoms. The smallest absolute Gasteiger partial charge is 0.305 e. The molecule has 0 radical (unpaired) electrons. The first kappa shape index (κ1) is 15.4. The second-order valence-electron chi connectivity index (χ2n) is 4.12. The topological polar surface area (TPSA) is 94.9 Å². The number of carbonyl (C=O) groups excluding carboxylic acids is 1. The lowest BCUT2D eigenvalue weighted by Crippen LogP contribution is -2.36. The quantitative estimate of drug-likeness (QED) is 0.659. The molecule has 0 atom stereocenters. The highest BCUT2D eigenvalue weighted by Gasteiger charge is 2.17. The molecule has 0 spiro atoms. The first-order valence-electron chi connectivity index (χ1n) is 5.57. The maximum absolute atomic E-state index is 11.7. The number of amides is 1. The number of carbonyl (C=O) groups is 3. The van der Waals surface area contributed by atoms with Gasteiger partial charge in [-0.2, -0.15) is 0 Å². The second kappa shape index (κ2) is 7.65. The van der Waals surface area contributed by atoms with Crippen LogP contribution in [-0.4, -0.2) is 46.0 Å². The molecule has 0 fully saturated rings. The molecule has 0 aliphatic carbocycles. The summed E-state index contributed by atoms with van der Waals surface area (Å²) in [5, 5.41) is 17.1. The predicted molar refractivity (Wildman–Crippen MR) is 60.5 cm³/mol. The van der Waals surface area contributed by atoms with Gasteiger partial charge in [-0.3, -0.25) is 14.4 Å². The van der Waals surface area contributed by atoms with Gasteiger partial charge in [-0.15, -0.1) is 0 Å². The number of aliphatic carboxylic acids is 2. The molecule has 0 aliphatic rings. The van der Waals surface area contributed by atoms with E-state index in [4.69, 9.17) is 10.2 Å². The van der Waals surface area contributed by atoms with Crippen molar-refractivity contribution in [3.05, 3.63) is 0 Å². The lowest BCUT2D eigenvalue weighted by molar-refractivity contribution is -0.141. The van der Waals surface area contributed by atoms with Gasteiger partial charge in [0, 0.05) is 25.4 Å². The molecule has 0 aliphatic heterocycles. The summed E-state index contributed by atoms with van der Waals surface area (Å²) >= 11 is 0. The zero-order chi connectivity index (χ0) is 13.4. The molecule has 0 aromatic heterocycles. The van der Waals surface area contributed by atoms with Crippen molar-refractivity contribution >= 4 is 17.8 Å². The fourth-order valence-electron chi connectivity index (χ4n) is 1.35. The van der Waals surface area contributed by atoms with Crippen molar-refractivity contribution in [1.82, 2.24) is 4.90 Å². The molecule has 0 aromatic carbocycles. The molecule has 0 heterocycles. The molecule has 0 bridgehead atoms. The zero-order valence-corrected chi connectivity index (χ0v) is 10.2. The highest BCUT2D eigenvalue weighted by molar-refractivity contribution is 5.78. The van der Waals surface area contributed by atoms with Crippen LogP contribution >= 0.6 is 0 Å². The molecular weight excluding hydrogens is 226 g/mol. The molecule has 98 valence electrons. The maximum Gasteiger partial charge on any atom is 0.305 e. The highest BCUT2D eigenvalue weighted by atomic mass is 16.4. The van der Waals surface area contributed by atoms with Crippen LogP contribution in [0.25, 0.3) is 0 Å². The predicted octanol–water partition coefficient (Wildman–Crippen LogP) is 0.810. The lowest BCUT2D eigenvalue weighted by atomic mass is 10.1. The van der Waals surface area contributed by atoms with Crippen LogP contribution in [0.5, 0.6) is 0 Å². The van der Waals surface area contributed by atoms with Gasteiger partial charge in [0.15, 0.2) is 0 Å². The summed E-state index contributed by atoms with van der Waals surface area (Å²) in [6, 6.07) is 0. The Morgan fingerprint density at radius 3 is 1.94 bits per heavy atom. The van der Waals surface area contributed by atoms with Crippen molar-refractivity contribution < 1.29 is 24.6 Å². The Bertz CT molecular complexity index is 288. The van der Waals surface area contributed by atoms with E-state index >= 15 is 0 Å². The molecule has 0 saturated heterocycles. The number of carboxylic acid groups (broad SMARTS) is 2. The van der Waals surface area contributed by atoms with E-state index in [2.05, 4.69) is 0 Å². The number of hydrogen-bond acceptors (Lipinski definition) is 3. The van der Waals surface area contributed by atoms with E-state index < -0.39 is 11.9 Å². The van der Waals surface area contributed by atoms with Crippen molar-refractivity contribution in [2.24, 2.45) is 5.92 Å². The van der Waals surface area contributed by atoms with E-state index in [0.29, 0.717) is 6.42 Å². The van der Waals surface area contributed by atoms with Crippen LogP contribution in [0.4, 0.5) is 0 Å². The van der Waals surface area contributed by atoms with Gasteiger partial charge in [0.25, 0.3) is 0 Å². The van der Waals surface area contributed by atoms with E-state index in [-0.39, 0.29) is 37.8 Å². The summed E-state index contributed by atoms with van der Waals surface area (Å²) in [5.74, 6) is -2.24. The molecular formula is C11H19NO5. The molecule has 1 amide bonds. The third kappa shape index (κ3) is 7.32. The van der Waals surface area contributed by atoms with E-state index in [1.165, 1.54) is 4.90 Å². The number of rotatable bonds is 8. The Hall–Kier alpha value is -1.59. The first-order valence-corrected chi connectivity index (χ1v) is 5.57. The minimum atomic E-state index is -0.968. The van der Waals surface area contributed by atoms with Gasteiger partial charge in [0.2, 0.25) is 5.91 Å². The van der Waals surface area contributed by atoms with Crippen molar-refractivity contribution in [1.29, 1.82) is 0 Å². The number of carboxylic acids is 2. The van der Waals surface area contributed by atoms with Crippen LogP contribution in [0.2, 0.25) is 0 Å². The summed E-state index contributed by atoms with van der Waals surface area (Å²) < 4.78 is 0. The first-order chi connectivity index (χ1) is 7.84. The van der Waals surface area contributed by atoms with Gasteiger partial charge in [-0.25, -0.2) is 0 Å². The zero-order valence-electron chi connectivity index (χ0n) is 10.2. The number of nitrogens with zero attached hydrogens (tertiary/aromatic N) is 1. The highest BCUT2D eigenvalue weighted by Crippen LogP contribution is 2.05. The minimum absolute atomic E-state index is 0.0189. The summed E-state index contributed by atoms with van der Waals surface area (Å²) in [6.45, 7) is 3.88. The lowest BCUT2D eigenvalue weighted by Gasteiger charge is -2.23. The van der Waals surface area contributed by atoms with Crippen LogP contribution in [0.1, 0.15) is 33.1 Å². The summed E-state index contributed by atoms with van der Waals surface area (Å²) in [7, 11) is 0. The van der Waals surface area contributed by atoms with Crippen LogP contribution in [0.15, 0.2) is 0 Å². The van der Waals surface area contributed by atoms with Crippen LogP contribution in [0.3, 0.4) is 0 Å². The maximum atomic E-state index is 11.7. The van der Waals surface area contributed by atoms with Gasteiger partial charge in [-0.1, -0.05) is 13.8 Å². The molecule has 0 saturated carbocycles. The van der Waals surface area contributed by atoms with E-state index in [1.54, 1.807) is 13.8 Å². The van der Waals surface area contributed by atoms with E-state index in [0.717, 1.165) is 0 Å². The largest absolute Gasteiger partial charge is 0.481 e. The monoisotopic (exact) mass is 245 g/mol. The average molecular weight is 245 g/mol. The molecule has 0 aromatic rings. The Kier molecular flexibility index (Phi) is 6.93. The standard InChI is InChI=1S/C11H19NO5/c1-8(2)11(17)12(7-5-10(15)16)6-3-4-9(13)14/h8H,3-7H2,1-2H3,(H,13,14)(H,15,16). The molecule has 0 rings (SSSR count). The van der Waals surface area contributed by atoms with Crippen LogP contribution in [0, 0.1) is 5.92 Å². The van der Waals surface area contributed by atoms with Crippen molar-refractivity contribution in [2.45, 2.75) is 33.1 Å². The Morgan fingerprint density at radius 2 is 1.53 bits per heavy atom. The molecule has 2 N–H and O–H groups in total. The van der Waals surface area contributed by atoms with E-state index in [9.17, 15) is 14.4 Å². The Labute approximate surface area is 100 Å². The SMILES string of the molecule is CC(C)C(=O)N(CCCC(=O)O)CCC(=O)O. The van der Waals surface area contributed by atoms with Gasteiger partial charge >= 0.3 is 11.9 Å². The third-order valence-electron chi connectivity index (χ3n) is 2.22. The number of hydrogen-bond donors (Lipinski definition) is 2. The fourth-order valence-corrected chi connectivity index (χ4v) is 1.35. The molecule has 17 heavy (non-hydrogen) atoms. The van der Waals surface area contributed by atoms with Crippen molar-refractivity contribution in [3.8, 4) is 0 Å². The van der Waals surface area contributed by atoms with Crippen LogP contribution in [-0.2, 0) is 14.4 Å². The summed E-state index contributed by atoms with van der Waals surface area (Å²) in [4.78, 5) is 33.9. The second-order valence-corrected chi connectivity index (χ2v) is 4.12. The van der Waals surface area contributed by atoms with Gasteiger partial charge < -0.3 is 15.1 Å². The third-order valence-corrected chi connectivity index (χ3v) is 2.22. The minimum Gasteiger partial charge on any atom is -0.481 e.